The van der Waals surface area contributed by atoms with E-state index < -0.39 is 0 Å². The summed E-state index contributed by atoms with van der Waals surface area (Å²) < 4.78 is 11.8. The molecule has 16 heavy (non-hydrogen) atoms. The Morgan fingerprint density at radius 1 is 1.06 bits per heavy atom. The van der Waals surface area contributed by atoms with Gasteiger partial charge in [0.15, 0.2) is 5.79 Å². The molecular formula is C13H25NO2. The molecule has 3 heteroatoms. The Kier molecular flexibility index (Phi) is 2.84. The number of rotatable bonds is 0. The average molecular weight is 227 g/mol. The second kappa shape index (κ2) is 3.69. The molecule has 0 atom stereocenters. The zero-order valence-corrected chi connectivity index (χ0v) is 11.3. The highest BCUT2D eigenvalue weighted by Crippen LogP contribution is 2.39. The lowest BCUT2D eigenvalue weighted by molar-refractivity contribution is -0.172. The summed E-state index contributed by atoms with van der Waals surface area (Å²) in [7, 11) is 0. The number of hydrogen-bond donors (Lipinski definition) is 0. The summed E-state index contributed by atoms with van der Waals surface area (Å²) >= 11 is 0. The quantitative estimate of drug-likeness (QED) is 0.634. The summed E-state index contributed by atoms with van der Waals surface area (Å²) in [4.78, 5) is 2.53. The van der Waals surface area contributed by atoms with Gasteiger partial charge in [0.05, 0.1) is 12.2 Å². The van der Waals surface area contributed by atoms with Gasteiger partial charge in [-0.25, -0.2) is 0 Å². The van der Waals surface area contributed by atoms with Gasteiger partial charge in [0.25, 0.3) is 0 Å². The number of piperidine rings is 1. The van der Waals surface area contributed by atoms with Crippen LogP contribution in [0, 0.1) is 0 Å². The maximum absolute atomic E-state index is 6.09. The van der Waals surface area contributed by atoms with Crippen molar-refractivity contribution in [3.8, 4) is 0 Å². The van der Waals surface area contributed by atoms with Crippen LogP contribution in [0.2, 0.25) is 0 Å². The first-order valence-electron chi connectivity index (χ1n) is 6.32. The van der Waals surface area contributed by atoms with E-state index in [2.05, 4.69) is 25.7 Å². The third-order valence-corrected chi connectivity index (χ3v) is 3.77. The molecule has 0 unspecified atom stereocenters. The first-order chi connectivity index (χ1) is 7.23. The largest absolute Gasteiger partial charge is 0.347 e. The predicted molar refractivity (Wildman–Crippen MR) is 64.4 cm³/mol. The van der Waals surface area contributed by atoms with Gasteiger partial charge in [-0.2, -0.15) is 0 Å². The Labute approximate surface area is 99.1 Å². The van der Waals surface area contributed by atoms with Crippen molar-refractivity contribution in [2.45, 2.75) is 64.4 Å². The predicted octanol–water partition coefficient (Wildman–Crippen LogP) is 2.40. The molecule has 0 N–H and O–H groups in total. The van der Waals surface area contributed by atoms with Crippen LogP contribution in [0.15, 0.2) is 0 Å². The lowest BCUT2D eigenvalue weighted by atomic mass is 9.89. The molecule has 0 bridgehead atoms. The van der Waals surface area contributed by atoms with E-state index in [0.717, 1.165) is 32.5 Å². The van der Waals surface area contributed by atoms with E-state index in [0.29, 0.717) is 0 Å². The highest BCUT2D eigenvalue weighted by atomic mass is 16.8. The molecule has 2 saturated heterocycles. The van der Waals surface area contributed by atoms with Crippen molar-refractivity contribution in [2.24, 2.45) is 0 Å². The minimum Gasteiger partial charge on any atom is -0.347 e. The molecule has 0 aromatic rings. The van der Waals surface area contributed by atoms with E-state index in [9.17, 15) is 0 Å². The van der Waals surface area contributed by atoms with Crippen molar-refractivity contribution >= 4 is 0 Å². The van der Waals surface area contributed by atoms with Crippen molar-refractivity contribution < 1.29 is 9.47 Å². The molecule has 2 aliphatic heterocycles. The second-order valence-electron chi connectivity index (χ2n) is 6.63. The molecule has 3 nitrogen and oxygen atoms in total. The topological polar surface area (TPSA) is 21.7 Å². The van der Waals surface area contributed by atoms with E-state index >= 15 is 0 Å². The average Bonchev–Trinajstić information content (AvgIpc) is 2.41. The summed E-state index contributed by atoms with van der Waals surface area (Å²) in [5.41, 5.74) is 0.266. The number of hydrogen-bond acceptors (Lipinski definition) is 3. The number of ether oxygens (including phenoxy) is 2. The summed E-state index contributed by atoms with van der Waals surface area (Å²) in [5.74, 6) is -0.385. The molecule has 1 spiro atoms. The monoisotopic (exact) mass is 227 g/mol. The van der Waals surface area contributed by atoms with Crippen LogP contribution in [0.3, 0.4) is 0 Å². The highest BCUT2D eigenvalue weighted by molar-refractivity contribution is 4.95. The molecular weight excluding hydrogens is 202 g/mol. The van der Waals surface area contributed by atoms with Gasteiger partial charge in [-0.05, 0) is 47.5 Å². The van der Waals surface area contributed by atoms with Crippen LogP contribution in [-0.4, -0.2) is 41.5 Å². The van der Waals surface area contributed by atoms with Crippen molar-refractivity contribution in [3.63, 3.8) is 0 Å². The van der Waals surface area contributed by atoms with Gasteiger partial charge in [0.1, 0.15) is 0 Å². The minimum absolute atomic E-state index is 0.00868. The van der Waals surface area contributed by atoms with Crippen LogP contribution in [0.5, 0.6) is 0 Å². The van der Waals surface area contributed by atoms with E-state index in [1.807, 2.05) is 13.8 Å². The maximum Gasteiger partial charge on any atom is 0.163 e. The Balaban J connectivity index is 1.96. The van der Waals surface area contributed by atoms with Crippen LogP contribution in [-0.2, 0) is 9.47 Å². The molecule has 0 radical (unpaired) electrons. The SMILES string of the molecule is CC1(C)OCC2(CCN(C(C)(C)C)CC2)O1. The fourth-order valence-electron chi connectivity index (χ4n) is 2.72. The van der Waals surface area contributed by atoms with Gasteiger partial charge in [0, 0.05) is 18.6 Å². The zero-order chi connectivity index (χ0) is 12.0. The Morgan fingerprint density at radius 3 is 2.00 bits per heavy atom. The molecule has 2 aliphatic rings. The van der Waals surface area contributed by atoms with E-state index in [-0.39, 0.29) is 16.9 Å². The van der Waals surface area contributed by atoms with Crippen molar-refractivity contribution in [2.75, 3.05) is 19.7 Å². The van der Waals surface area contributed by atoms with Crippen LogP contribution in [0.1, 0.15) is 47.5 Å². The van der Waals surface area contributed by atoms with Crippen molar-refractivity contribution in [3.05, 3.63) is 0 Å². The number of likely N-dealkylation sites (tertiary alicyclic amines) is 1. The van der Waals surface area contributed by atoms with E-state index in [1.54, 1.807) is 0 Å². The van der Waals surface area contributed by atoms with Crippen LogP contribution in [0.25, 0.3) is 0 Å². The second-order valence-corrected chi connectivity index (χ2v) is 6.63. The fourth-order valence-corrected chi connectivity index (χ4v) is 2.72. The molecule has 0 aliphatic carbocycles. The van der Waals surface area contributed by atoms with Gasteiger partial charge in [0.2, 0.25) is 0 Å². The minimum atomic E-state index is -0.385. The van der Waals surface area contributed by atoms with Gasteiger partial charge in [-0.1, -0.05) is 0 Å². The van der Waals surface area contributed by atoms with E-state index in [4.69, 9.17) is 9.47 Å². The van der Waals surface area contributed by atoms with E-state index in [1.165, 1.54) is 0 Å². The first-order valence-corrected chi connectivity index (χ1v) is 6.32. The van der Waals surface area contributed by atoms with Crippen LogP contribution >= 0.6 is 0 Å². The molecule has 0 saturated carbocycles. The standard InChI is InChI=1S/C13H25NO2/c1-11(2,3)14-8-6-13(7-9-14)10-15-12(4,5)16-13/h6-10H2,1-5H3. The molecule has 0 amide bonds. The highest BCUT2D eigenvalue weighted by Gasteiger charge is 2.47. The lowest BCUT2D eigenvalue weighted by Gasteiger charge is -2.44. The van der Waals surface area contributed by atoms with Crippen molar-refractivity contribution in [1.29, 1.82) is 0 Å². The molecule has 2 heterocycles. The molecule has 94 valence electrons. The van der Waals surface area contributed by atoms with Crippen molar-refractivity contribution in [1.82, 2.24) is 4.90 Å². The molecule has 0 aromatic heterocycles. The van der Waals surface area contributed by atoms with Crippen LogP contribution < -0.4 is 0 Å². The normalized spacial score (nSPS) is 29.8. The number of nitrogens with zero attached hydrogens (tertiary/aromatic N) is 1. The molecule has 0 aromatic carbocycles. The summed E-state index contributed by atoms with van der Waals surface area (Å²) in [6.45, 7) is 13.8. The summed E-state index contributed by atoms with van der Waals surface area (Å²) in [5, 5.41) is 0. The Bertz CT molecular complexity index is 260. The van der Waals surface area contributed by atoms with Gasteiger partial charge >= 0.3 is 0 Å². The third kappa shape index (κ3) is 2.41. The van der Waals surface area contributed by atoms with Crippen LogP contribution in [0.4, 0.5) is 0 Å². The Hall–Kier alpha value is -0.120. The molecule has 2 fully saturated rings. The summed E-state index contributed by atoms with van der Waals surface area (Å²) in [6, 6.07) is 0. The zero-order valence-electron chi connectivity index (χ0n) is 11.3. The third-order valence-electron chi connectivity index (χ3n) is 3.77. The fraction of sp³-hybridized carbons (Fsp3) is 1.00. The van der Waals surface area contributed by atoms with Gasteiger partial charge < -0.3 is 9.47 Å². The lowest BCUT2D eigenvalue weighted by Crippen LogP contribution is -2.52. The van der Waals surface area contributed by atoms with Gasteiger partial charge in [-0.15, -0.1) is 0 Å². The first kappa shape index (κ1) is 12.3. The molecule has 2 rings (SSSR count). The summed E-state index contributed by atoms with van der Waals surface area (Å²) in [6.07, 6.45) is 2.18. The maximum atomic E-state index is 6.09. The van der Waals surface area contributed by atoms with Gasteiger partial charge in [-0.3, -0.25) is 4.90 Å². The smallest absolute Gasteiger partial charge is 0.163 e. The Morgan fingerprint density at radius 2 is 1.62 bits per heavy atom.